The molecule has 0 aliphatic heterocycles. The third kappa shape index (κ3) is 4.45. The van der Waals surface area contributed by atoms with Gasteiger partial charge in [0.1, 0.15) is 5.75 Å². The Morgan fingerprint density at radius 2 is 1.85 bits per heavy atom. The molecule has 0 aliphatic rings. The van der Waals surface area contributed by atoms with E-state index in [2.05, 4.69) is 4.98 Å². The minimum Gasteiger partial charge on any atom is -0.497 e. The molecule has 0 saturated carbocycles. The maximum absolute atomic E-state index is 13.6. The number of nitrogens with zero attached hydrogens (tertiary/aromatic N) is 3. The number of hydrogen-bond donors (Lipinski definition) is 0. The molecule has 4 aromatic rings. The second-order valence-corrected chi connectivity index (χ2v) is 10.3. The molecule has 176 valence electrons. The summed E-state index contributed by atoms with van der Waals surface area (Å²) in [6.07, 6.45) is 1.81. The molecule has 0 spiro atoms. The van der Waals surface area contributed by atoms with Gasteiger partial charge < -0.3 is 4.74 Å². The molecule has 2 aromatic carbocycles. The zero-order chi connectivity index (χ0) is 24.6. The van der Waals surface area contributed by atoms with Gasteiger partial charge in [-0.25, -0.2) is 4.98 Å². The Bertz CT molecular complexity index is 1350. The largest absolute Gasteiger partial charge is 0.497 e. The number of thiazole rings is 1. The average molecular weight is 496 g/mol. The summed E-state index contributed by atoms with van der Waals surface area (Å²) in [7, 11) is 1.60. The van der Waals surface area contributed by atoms with Gasteiger partial charge in [-0.1, -0.05) is 11.6 Å². The fraction of sp³-hybridized carbons (Fsp3) is 0.269. The van der Waals surface area contributed by atoms with Crippen LogP contribution >= 0.6 is 22.9 Å². The van der Waals surface area contributed by atoms with Crippen LogP contribution in [0, 0.1) is 6.92 Å². The lowest BCUT2D eigenvalue weighted by atomic mass is 10.0. The van der Waals surface area contributed by atoms with Crippen LogP contribution in [-0.2, 0) is 11.2 Å². The topological polar surface area (TPSA) is 64.4 Å². The molecule has 6 nitrogen and oxygen atoms in total. The SMILES string of the molecule is COc1ccc2c(c1)c(CC(=O)N(c1nccs1)C(C)(C)C)c(C)n2C(=O)c1ccc(Cl)cc1. The third-order valence-electron chi connectivity index (χ3n) is 5.69. The lowest BCUT2D eigenvalue weighted by molar-refractivity contribution is -0.118. The van der Waals surface area contributed by atoms with Crippen molar-refractivity contribution in [2.24, 2.45) is 0 Å². The monoisotopic (exact) mass is 495 g/mol. The first-order valence-electron chi connectivity index (χ1n) is 10.8. The molecule has 0 radical (unpaired) electrons. The summed E-state index contributed by atoms with van der Waals surface area (Å²) in [5.74, 6) is 0.381. The molecule has 0 atom stereocenters. The van der Waals surface area contributed by atoms with E-state index < -0.39 is 5.54 Å². The molecule has 2 aromatic heterocycles. The summed E-state index contributed by atoms with van der Waals surface area (Å²) in [6, 6.07) is 12.3. The number of aromatic nitrogens is 2. The Balaban J connectivity index is 1.84. The van der Waals surface area contributed by atoms with Crippen molar-refractivity contribution in [3.63, 3.8) is 0 Å². The zero-order valence-corrected chi connectivity index (χ0v) is 21.3. The number of methoxy groups -OCH3 is 1. The van der Waals surface area contributed by atoms with Crippen molar-refractivity contribution in [3.05, 3.63) is 75.9 Å². The zero-order valence-electron chi connectivity index (χ0n) is 19.8. The Labute approximate surface area is 207 Å². The van der Waals surface area contributed by atoms with E-state index >= 15 is 0 Å². The van der Waals surface area contributed by atoms with E-state index in [0.717, 1.165) is 16.5 Å². The highest BCUT2D eigenvalue weighted by molar-refractivity contribution is 7.13. The first kappa shape index (κ1) is 24.0. The Kier molecular flexibility index (Phi) is 6.51. The van der Waals surface area contributed by atoms with E-state index in [1.165, 1.54) is 11.3 Å². The van der Waals surface area contributed by atoms with Gasteiger partial charge >= 0.3 is 0 Å². The van der Waals surface area contributed by atoms with Gasteiger partial charge in [-0.3, -0.25) is 19.1 Å². The number of anilines is 1. The van der Waals surface area contributed by atoms with E-state index in [9.17, 15) is 9.59 Å². The Hall–Kier alpha value is -3.16. The van der Waals surface area contributed by atoms with Crippen molar-refractivity contribution in [2.45, 2.75) is 39.7 Å². The molecule has 34 heavy (non-hydrogen) atoms. The van der Waals surface area contributed by atoms with Crippen molar-refractivity contribution < 1.29 is 14.3 Å². The van der Waals surface area contributed by atoms with Crippen LogP contribution in [0.5, 0.6) is 5.75 Å². The van der Waals surface area contributed by atoms with E-state index in [1.54, 1.807) is 47.0 Å². The molecular formula is C26H26ClN3O3S. The standard InChI is InChI=1S/C26H26ClN3O3S/c1-16-20(15-23(31)30(26(2,3)4)25-28-12-13-34-25)21-14-19(33-5)10-11-22(21)29(16)24(32)17-6-8-18(27)9-7-17/h6-14H,15H2,1-5H3. The number of rotatable bonds is 5. The van der Waals surface area contributed by atoms with Crippen LogP contribution in [0.1, 0.15) is 42.4 Å². The fourth-order valence-corrected chi connectivity index (χ4v) is 5.09. The van der Waals surface area contributed by atoms with Crippen molar-refractivity contribution in [3.8, 4) is 5.75 Å². The number of amides is 1. The predicted molar refractivity (Wildman–Crippen MR) is 137 cm³/mol. The van der Waals surface area contributed by atoms with Gasteiger partial charge in [0.25, 0.3) is 5.91 Å². The van der Waals surface area contributed by atoms with Crippen molar-refractivity contribution in [1.82, 2.24) is 9.55 Å². The molecule has 0 fully saturated rings. The van der Waals surface area contributed by atoms with Crippen LogP contribution in [0.15, 0.2) is 54.0 Å². The first-order valence-corrected chi connectivity index (χ1v) is 12.1. The molecule has 0 N–H and O–H groups in total. The number of carbonyl (C=O) groups is 2. The lowest BCUT2D eigenvalue weighted by Crippen LogP contribution is -2.46. The number of halogens is 1. The highest BCUT2D eigenvalue weighted by atomic mass is 35.5. The summed E-state index contributed by atoms with van der Waals surface area (Å²) >= 11 is 7.44. The maximum Gasteiger partial charge on any atom is 0.262 e. The molecule has 4 rings (SSSR count). The van der Waals surface area contributed by atoms with Gasteiger partial charge in [0.15, 0.2) is 5.13 Å². The van der Waals surface area contributed by atoms with Crippen molar-refractivity contribution >= 4 is 50.8 Å². The average Bonchev–Trinajstić information content (AvgIpc) is 3.39. The van der Waals surface area contributed by atoms with Crippen LogP contribution < -0.4 is 9.64 Å². The number of fused-ring (bicyclic) bond motifs is 1. The van der Waals surface area contributed by atoms with Crippen molar-refractivity contribution in [1.29, 1.82) is 0 Å². The minimum atomic E-state index is -0.460. The second-order valence-electron chi connectivity index (χ2n) is 8.99. The van der Waals surface area contributed by atoms with Crippen LogP contribution in [0.25, 0.3) is 10.9 Å². The maximum atomic E-state index is 13.6. The molecule has 8 heteroatoms. The lowest BCUT2D eigenvalue weighted by Gasteiger charge is -2.33. The van der Waals surface area contributed by atoms with Crippen molar-refractivity contribution in [2.75, 3.05) is 12.0 Å². The highest BCUT2D eigenvalue weighted by Gasteiger charge is 2.31. The number of carbonyl (C=O) groups excluding carboxylic acids is 2. The molecule has 0 aliphatic carbocycles. The summed E-state index contributed by atoms with van der Waals surface area (Å²) in [5.41, 5.74) is 2.27. The van der Waals surface area contributed by atoms with Crippen LogP contribution in [0.3, 0.4) is 0 Å². The third-order valence-corrected chi connectivity index (χ3v) is 6.70. The second kappa shape index (κ2) is 9.24. The quantitative estimate of drug-likeness (QED) is 0.334. The normalized spacial score (nSPS) is 11.6. The fourth-order valence-electron chi connectivity index (χ4n) is 4.12. The van der Waals surface area contributed by atoms with E-state index in [1.807, 2.05) is 51.3 Å². The number of benzene rings is 2. The smallest absolute Gasteiger partial charge is 0.262 e. The minimum absolute atomic E-state index is 0.0913. The van der Waals surface area contributed by atoms with E-state index in [4.69, 9.17) is 16.3 Å². The van der Waals surface area contributed by atoms with Crippen LogP contribution in [0.4, 0.5) is 5.13 Å². The van der Waals surface area contributed by atoms with Gasteiger partial charge in [-0.15, -0.1) is 11.3 Å². The molecule has 2 heterocycles. The van der Waals surface area contributed by atoms with Crippen LogP contribution in [-0.4, -0.2) is 34.0 Å². The number of hydrogen-bond acceptors (Lipinski definition) is 5. The van der Waals surface area contributed by atoms with Crippen LogP contribution in [0.2, 0.25) is 5.02 Å². The molecule has 0 unspecified atom stereocenters. The van der Waals surface area contributed by atoms with E-state index in [-0.39, 0.29) is 18.2 Å². The van der Waals surface area contributed by atoms with E-state index in [0.29, 0.717) is 27.2 Å². The molecule has 0 bridgehead atoms. The summed E-state index contributed by atoms with van der Waals surface area (Å²) in [5, 5.41) is 3.87. The molecule has 0 saturated heterocycles. The summed E-state index contributed by atoms with van der Waals surface area (Å²) < 4.78 is 7.10. The van der Waals surface area contributed by atoms with Gasteiger partial charge in [0.05, 0.1) is 19.0 Å². The Morgan fingerprint density at radius 1 is 1.15 bits per heavy atom. The molecular weight excluding hydrogens is 470 g/mol. The van der Waals surface area contributed by atoms with Gasteiger partial charge in [0, 0.05) is 38.8 Å². The highest BCUT2D eigenvalue weighted by Crippen LogP contribution is 2.33. The van der Waals surface area contributed by atoms with Gasteiger partial charge in [-0.2, -0.15) is 0 Å². The van der Waals surface area contributed by atoms with Gasteiger partial charge in [-0.05, 0) is 75.7 Å². The molecule has 1 amide bonds. The van der Waals surface area contributed by atoms with Gasteiger partial charge in [0.2, 0.25) is 5.91 Å². The summed E-state index contributed by atoms with van der Waals surface area (Å²) in [6.45, 7) is 7.81. The summed E-state index contributed by atoms with van der Waals surface area (Å²) in [4.78, 5) is 33.3. The Morgan fingerprint density at radius 3 is 2.44 bits per heavy atom. The predicted octanol–water partition coefficient (Wildman–Crippen LogP) is 6.13. The number of ether oxygens (including phenoxy) is 1. The first-order chi connectivity index (χ1) is 16.1.